The van der Waals surface area contributed by atoms with E-state index in [0.717, 1.165) is 41.4 Å². The molecule has 1 unspecified atom stereocenters. The number of fused-ring (bicyclic) bond motifs is 7. The summed E-state index contributed by atoms with van der Waals surface area (Å²) in [5.41, 5.74) is 3.48. The summed E-state index contributed by atoms with van der Waals surface area (Å²) in [6, 6.07) is 6.34. The summed E-state index contributed by atoms with van der Waals surface area (Å²) in [7, 11) is 0. The highest BCUT2D eigenvalue weighted by molar-refractivity contribution is 5.84. The van der Waals surface area contributed by atoms with E-state index in [1.165, 1.54) is 51.3 Å². The largest absolute Gasteiger partial charge is 0.507 e. The highest BCUT2D eigenvalue weighted by Crippen LogP contribution is 2.45. The molecule has 0 saturated carbocycles. The molecule has 5 nitrogen and oxygen atoms in total. The zero-order chi connectivity index (χ0) is 21.1. The van der Waals surface area contributed by atoms with Gasteiger partial charge in [-0.2, -0.15) is 0 Å². The number of aromatic hydroxyl groups is 1. The second-order valence-corrected chi connectivity index (χ2v) is 10.2. The zero-order valence-electron chi connectivity index (χ0n) is 18.3. The van der Waals surface area contributed by atoms with Crippen LogP contribution in [0, 0.1) is 18.8 Å². The van der Waals surface area contributed by atoms with Crippen LogP contribution in [0.15, 0.2) is 39.1 Å². The number of piperidine rings is 3. The standard InChI is InChI=1S/C26H32N2O3/c1-16-11-24(30)31-26-20(16)7-8-23(29)21(26)15-28-10-4-5-17-12-18-13-19(25(17)28)14-27-9-3-2-6-22(18)27/h7-8,11-12,18-19,22,25,29H,2-6,9-10,13-15H2,1H3/t18-,19-,22?,25+/m0/s1. The maximum Gasteiger partial charge on any atom is 0.336 e. The van der Waals surface area contributed by atoms with Crippen LogP contribution in [0.2, 0.25) is 0 Å². The van der Waals surface area contributed by atoms with E-state index in [1.807, 2.05) is 13.0 Å². The van der Waals surface area contributed by atoms with Crippen molar-refractivity contribution in [3.8, 4) is 5.75 Å². The fourth-order valence-corrected chi connectivity index (χ4v) is 7.05. The van der Waals surface area contributed by atoms with Crippen molar-refractivity contribution in [3.05, 3.63) is 51.4 Å². The molecule has 3 saturated heterocycles. The molecule has 1 N–H and O–H groups in total. The van der Waals surface area contributed by atoms with Gasteiger partial charge in [-0.1, -0.05) is 18.1 Å². The summed E-state index contributed by atoms with van der Waals surface area (Å²) in [5.74, 6) is 1.60. The maximum atomic E-state index is 12.1. The predicted octanol–water partition coefficient (Wildman–Crippen LogP) is 4.20. The van der Waals surface area contributed by atoms with Crippen molar-refractivity contribution in [1.82, 2.24) is 9.80 Å². The molecule has 4 heterocycles. The van der Waals surface area contributed by atoms with Crippen LogP contribution in [-0.2, 0) is 6.54 Å². The van der Waals surface area contributed by atoms with Crippen LogP contribution >= 0.6 is 0 Å². The van der Waals surface area contributed by atoms with Crippen molar-refractivity contribution < 1.29 is 9.52 Å². The molecular weight excluding hydrogens is 388 g/mol. The Morgan fingerprint density at radius 2 is 2.10 bits per heavy atom. The van der Waals surface area contributed by atoms with Gasteiger partial charge in [0.15, 0.2) is 0 Å². The number of likely N-dealkylation sites (tertiary alicyclic amines) is 1. The fourth-order valence-electron chi connectivity index (χ4n) is 7.05. The first kappa shape index (κ1) is 19.6. The summed E-state index contributed by atoms with van der Waals surface area (Å²) in [5, 5.41) is 11.7. The van der Waals surface area contributed by atoms with Gasteiger partial charge in [-0.05, 0) is 81.6 Å². The Bertz CT molecular complexity index is 1100. The predicted molar refractivity (Wildman–Crippen MR) is 121 cm³/mol. The Morgan fingerprint density at radius 3 is 3.00 bits per heavy atom. The minimum absolute atomic E-state index is 0.228. The van der Waals surface area contributed by atoms with Gasteiger partial charge in [0.25, 0.3) is 0 Å². The average Bonchev–Trinajstić information content (AvgIpc) is 2.76. The lowest BCUT2D eigenvalue weighted by molar-refractivity contribution is -0.00274. The molecule has 0 radical (unpaired) electrons. The van der Waals surface area contributed by atoms with Crippen molar-refractivity contribution in [2.45, 2.75) is 64.1 Å². The average molecular weight is 421 g/mol. The van der Waals surface area contributed by atoms with Crippen LogP contribution in [0.5, 0.6) is 5.75 Å². The molecule has 1 aromatic heterocycles. The van der Waals surface area contributed by atoms with E-state index < -0.39 is 0 Å². The molecule has 1 aromatic carbocycles. The van der Waals surface area contributed by atoms with Gasteiger partial charge in [-0.25, -0.2) is 4.79 Å². The monoisotopic (exact) mass is 420 g/mol. The Morgan fingerprint density at radius 1 is 1.19 bits per heavy atom. The molecule has 4 atom stereocenters. The summed E-state index contributed by atoms with van der Waals surface area (Å²) < 4.78 is 5.62. The maximum absolute atomic E-state index is 12.1. The lowest BCUT2D eigenvalue weighted by Gasteiger charge is -2.54. The summed E-state index contributed by atoms with van der Waals surface area (Å²) >= 11 is 0. The molecule has 2 bridgehead atoms. The number of hydrogen-bond acceptors (Lipinski definition) is 5. The third kappa shape index (κ3) is 3.25. The SMILES string of the molecule is Cc1cc(=O)oc2c(CN3CCCC4=C[C@H]5C[C@@H](CN6CCCCC56)[C@@H]43)c(O)ccc12. The van der Waals surface area contributed by atoms with Gasteiger partial charge in [0.2, 0.25) is 0 Å². The number of aryl methyl sites for hydroxylation is 1. The van der Waals surface area contributed by atoms with E-state index in [2.05, 4.69) is 15.9 Å². The van der Waals surface area contributed by atoms with Gasteiger partial charge in [-0.3, -0.25) is 9.80 Å². The molecule has 2 aromatic rings. The molecule has 0 spiro atoms. The second kappa shape index (κ2) is 7.49. The molecule has 1 aliphatic carbocycles. The Balaban J connectivity index is 1.37. The van der Waals surface area contributed by atoms with Crippen LogP contribution in [0.4, 0.5) is 0 Å². The van der Waals surface area contributed by atoms with Crippen molar-refractivity contribution in [3.63, 3.8) is 0 Å². The molecule has 0 amide bonds. The minimum Gasteiger partial charge on any atom is -0.507 e. The van der Waals surface area contributed by atoms with E-state index >= 15 is 0 Å². The Kier molecular flexibility index (Phi) is 4.73. The lowest BCUT2D eigenvalue weighted by atomic mass is 9.68. The number of rotatable bonds is 2. The number of hydrogen-bond donors (Lipinski definition) is 1. The smallest absolute Gasteiger partial charge is 0.336 e. The lowest BCUT2D eigenvalue weighted by Crippen LogP contribution is -2.59. The van der Waals surface area contributed by atoms with Crippen LogP contribution < -0.4 is 5.63 Å². The first-order chi connectivity index (χ1) is 15.1. The highest BCUT2D eigenvalue weighted by atomic mass is 16.4. The highest BCUT2D eigenvalue weighted by Gasteiger charge is 2.45. The second-order valence-electron chi connectivity index (χ2n) is 10.2. The molecule has 164 valence electrons. The normalized spacial score (nSPS) is 31.2. The summed E-state index contributed by atoms with van der Waals surface area (Å²) in [4.78, 5) is 17.4. The third-order valence-electron chi connectivity index (χ3n) is 8.32. The van der Waals surface area contributed by atoms with Crippen molar-refractivity contribution in [2.75, 3.05) is 19.6 Å². The number of phenolic OH excluding ortho intramolecular Hbond substituents is 1. The van der Waals surface area contributed by atoms with Crippen molar-refractivity contribution >= 4 is 11.0 Å². The molecular formula is C26H32N2O3. The Labute approximate surface area is 183 Å². The van der Waals surface area contributed by atoms with Gasteiger partial charge < -0.3 is 9.52 Å². The van der Waals surface area contributed by atoms with Gasteiger partial charge >= 0.3 is 5.63 Å². The molecule has 4 aliphatic rings. The fraction of sp³-hybridized carbons (Fsp3) is 0.577. The van der Waals surface area contributed by atoms with E-state index in [1.54, 1.807) is 11.6 Å². The molecule has 3 fully saturated rings. The number of nitrogens with zero attached hydrogens (tertiary/aromatic N) is 2. The van der Waals surface area contributed by atoms with E-state index in [0.29, 0.717) is 24.1 Å². The number of benzene rings is 1. The number of phenols is 1. The van der Waals surface area contributed by atoms with Crippen LogP contribution in [-0.4, -0.2) is 46.6 Å². The topological polar surface area (TPSA) is 56.9 Å². The van der Waals surface area contributed by atoms with Crippen molar-refractivity contribution in [1.29, 1.82) is 0 Å². The first-order valence-corrected chi connectivity index (χ1v) is 12.0. The van der Waals surface area contributed by atoms with Gasteiger partial charge in [0, 0.05) is 36.6 Å². The van der Waals surface area contributed by atoms with E-state index in [4.69, 9.17) is 4.42 Å². The van der Waals surface area contributed by atoms with E-state index in [-0.39, 0.29) is 11.4 Å². The molecule has 5 heteroatoms. The van der Waals surface area contributed by atoms with Gasteiger partial charge in [-0.15, -0.1) is 0 Å². The van der Waals surface area contributed by atoms with E-state index in [9.17, 15) is 9.90 Å². The van der Waals surface area contributed by atoms with Crippen LogP contribution in [0.25, 0.3) is 11.0 Å². The molecule has 3 aliphatic heterocycles. The first-order valence-electron chi connectivity index (χ1n) is 12.0. The van der Waals surface area contributed by atoms with Crippen LogP contribution in [0.3, 0.4) is 0 Å². The minimum atomic E-state index is -0.347. The molecule has 6 rings (SSSR count). The molecule has 31 heavy (non-hydrogen) atoms. The third-order valence-corrected chi connectivity index (χ3v) is 8.32. The Hall–Kier alpha value is -2.11. The van der Waals surface area contributed by atoms with Gasteiger partial charge in [0.1, 0.15) is 11.3 Å². The summed E-state index contributed by atoms with van der Waals surface area (Å²) in [6.07, 6.45) is 10.4. The zero-order valence-corrected chi connectivity index (χ0v) is 18.3. The van der Waals surface area contributed by atoms with Gasteiger partial charge in [0.05, 0.1) is 5.56 Å². The van der Waals surface area contributed by atoms with Crippen molar-refractivity contribution in [2.24, 2.45) is 11.8 Å². The quantitative estimate of drug-likeness (QED) is 0.583. The summed E-state index contributed by atoms with van der Waals surface area (Å²) in [6.45, 7) is 6.04. The van der Waals surface area contributed by atoms with Crippen LogP contribution in [0.1, 0.15) is 49.7 Å².